The summed E-state index contributed by atoms with van der Waals surface area (Å²) in [5.74, 6) is 1.13. The maximum Gasteiger partial charge on any atom is 0.249 e. The number of carbonyl (C=O) groups excluding carboxylic acids is 2. The van der Waals surface area contributed by atoms with E-state index >= 15 is 0 Å². The average Bonchev–Trinajstić information content (AvgIpc) is 3.60. The Morgan fingerprint density at radius 1 is 0.918 bits per heavy atom. The van der Waals surface area contributed by atoms with E-state index in [1.807, 2.05) is 23.0 Å². The maximum absolute atomic E-state index is 12.7. The van der Waals surface area contributed by atoms with Crippen molar-refractivity contribution in [1.82, 2.24) is 20.0 Å². The molecule has 3 aromatic rings. The van der Waals surface area contributed by atoms with Gasteiger partial charge in [0.1, 0.15) is 30.0 Å². The number of phenols is 1. The zero-order chi connectivity index (χ0) is 34.1. The topological polar surface area (TPSA) is 178 Å². The summed E-state index contributed by atoms with van der Waals surface area (Å²) in [6, 6.07) is 13.7. The Kier molecular flexibility index (Phi) is 9.22. The molecule has 1 unspecified atom stereocenters. The van der Waals surface area contributed by atoms with E-state index in [1.54, 1.807) is 30.5 Å². The Morgan fingerprint density at radius 2 is 1.67 bits per heavy atom. The fourth-order valence-corrected chi connectivity index (χ4v) is 8.14. The molecule has 12 heteroatoms. The number of anilines is 1. The van der Waals surface area contributed by atoms with Crippen molar-refractivity contribution in [3.8, 4) is 11.5 Å². The number of aromatic nitrogens is 2. The van der Waals surface area contributed by atoms with Gasteiger partial charge in [-0.15, -0.1) is 0 Å². The largest absolute Gasteiger partial charge is 0.507 e. The first-order chi connectivity index (χ1) is 23.8. The van der Waals surface area contributed by atoms with Crippen molar-refractivity contribution in [3.05, 3.63) is 83.4 Å². The van der Waals surface area contributed by atoms with Gasteiger partial charge in [0.15, 0.2) is 0 Å². The number of ether oxygens (including phenoxy) is 1. The third kappa shape index (κ3) is 6.69. The van der Waals surface area contributed by atoms with Crippen LogP contribution in [0.2, 0.25) is 0 Å². The van der Waals surface area contributed by atoms with Crippen LogP contribution in [0.25, 0.3) is 11.3 Å². The Balaban J connectivity index is 0.954. The number of likely N-dealkylation sites (tertiary alicyclic amines) is 1. The van der Waals surface area contributed by atoms with Crippen molar-refractivity contribution >= 4 is 28.8 Å². The normalized spacial score (nSPS) is 23.8. The number of fused-ring (bicyclic) bond motifs is 1. The Morgan fingerprint density at radius 3 is 2.41 bits per heavy atom. The minimum Gasteiger partial charge on any atom is -0.507 e. The highest BCUT2D eigenvalue weighted by Gasteiger charge is 2.37. The van der Waals surface area contributed by atoms with Gasteiger partial charge in [0.25, 0.3) is 0 Å². The predicted molar refractivity (Wildman–Crippen MR) is 188 cm³/mol. The minimum atomic E-state index is -0.344. The van der Waals surface area contributed by atoms with E-state index < -0.39 is 0 Å². The molecule has 258 valence electrons. The van der Waals surface area contributed by atoms with Crippen molar-refractivity contribution in [2.75, 3.05) is 31.1 Å². The van der Waals surface area contributed by atoms with Crippen molar-refractivity contribution in [2.45, 2.75) is 75.4 Å². The van der Waals surface area contributed by atoms with Gasteiger partial charge in [0.05, 0.1) is 24.5 Å². The molecule has 1 saturated carbocycles. The Bertz CT molecular complexity index is 1760. The number of piperidine rings is 2. The van der Waals surface area contributed by atoms with Crippen LogP contribution in [0, 0.1) is 0 Å². The number of imide groups is 1. The lowest BCUT2D eigenvalue weighted by atomic mass is 9.85. The summed E-state index contributed by atoms with van der Waals surface area (Å²) in [6.07, 6.45) is 12.8. The van der Waals surface area contributed by atoms with Crippen LogP contribution in [-0.2, 0) is 9.59 Å². The zero-order valence-electron chi connectivity index (χ0n) is 27.8. The number of rotatable bonds is 7. The van der Waals surface area contributed by atoms with Crippen LogP contribution in [0.4, 0.5) is 5.69 Å². The summed E-state index contributed by atoms with van der Waals surface area (Å²) in [4.78, 5) is 29.2. The Labute approximate surface area is 286 Å². The number of nitrogens with two attached hydrogens (primary N) is 3. The number of hydrogen-bond donors (Lipinski definition) is 5. The quantitative estimate of drug-likeness (QED) is 0.185. The lowest BCUT2D eigenvalue weighted by molar-refractivity contribution is -0.134. The second-order valence-electron chi connectivity index (χ2n) is 13.7. The molecule has 2 saturated heterocycles. The molecule has 4 heterocycles. The van der Waals surface area contributed by atoms with E-state index in [0.29, 0.717) is 60.8 Å². The number of amides is 2. The Hall–Kier alpha value is -4.97. The molecular weight excluding hydrogens is 620 g/mol. The van der Waals surface area contributed by atoms with Crippen LogP contribution < -0.4 is 32.2 Å². The first-order valence-electron chi connectivity index (χ1n) is 17.4. The van der Waals surface area contributed by atoms with Gasteiger partial charge in [-0.25, -0.2) is 0 Å². The highest BCUT2D eigenvalue weighted by Crippen LogP contribution is 2.44. The maximum atomic E-state index is 12.7. The molecule has 0 bridgehead atoms. The molecular formula is C37H46N8O4. The molecule has 0 spiro atoms. The van der Waals surface area contributed by atoms with E-state index in [1.165, 1.54) is 5.56 Å². The zero-order valence-corrected chi connectivity index (χ0v) is 27.8. The number of phenolic OH excluding ortho intramolecular Hbond substituents is 1. The van der Waals surface area contributed by atoms with E-state index in [0.717, 1.165) is 68.6 Å². The summed E-state index contributed by atoms with van der Waals surface area (Å²) in [5, 5.41) is 17.4. The monoisotopic (exact) mass is 666 g/mol. The van der Waals surface area contributed by atoms with Crippen LogP contribution >= 0.6 is 0 Å². The molecule has 1 aromatic heterocycles. The van der Waals surface area contributed by atoms with Crippen molar-refractivity contribution in [2.24, 2.45) is 17.2 Å². The van der Waals surface area contributed by atoms with Crippen LogP contribution in [0.5, 0.6) is 11.5 Å². The second kappa shape index (κ2) is 13.9. The molecule has 49 heavy (non-hydrogen) atoms. The number of benzene rings is 2. The number of aromatic hydroxyl groups is 1. The molecule has 3 aliphatic heterocycles. The minimum absolute atomic E-state index is 0.0919. The summed E-state index contributed by atoms with van der Waals surface area (Å²) in [7, 11) is 0. The van der Waals surface area contributed by atoms with Gasteiger partial charge >= 0.3 is 0 Å². The fraction of sp³-hybridized carbons (Fsp3) is 0.432. The van der Waals surface area contributed by atoms with Crippen LogP contribution in [0.15, 0.2) is 66.8 Å². The van der Waals surface area contributed by atoms with Gasteiger partial charge < -0.3 is 36.8 Å². The molecule has 3 fully saturated rings. The van der Waals surface area contributed by atoms with Crippen molar-refractivity contribution < 1.29 is 19.4 Å². The highest BCUT2D eigenvalue weighted by atomic mass is 16.5. The molecule has 1 atom stereocenters. The van der Waals surface area contributed by atoms with E-state index in [4.69, 9.17) is 21.9 Å². The van der Waals surface area contributed by atoms with Gasteiger partial charge in [0, 0.05) is 41.1 Å². The van der Waals surface area contributed by atoms with Gasteiger partial charge in [-0.05, 0) is 93.8 Å². The number of carbonyl (C=O) groups is 2. The van der Waals surface area contributed by atoms with Crippen molar-refractivity contribution in [1.29, 1.82) is 0 Å². The number of nitrogens with one attached hydrogen (secondary N) is 1. The smallest absolute Gasteiger partial charge is 0.249 e. The molecule has 8 N–H and O–H groups in total. The number of hydrogen-bond acceptors (Lipinski definition) is 10. The molecule has 12 nitrogen and oxygen atoms in total. The van der Waals surface area contributed by atoms with Gasteiger partial charge in [-0.2, -0.15) is 5.10 Å². The summed E-state index contributed by atoms with van der Waals surface area (Å²) in [5.41, 5.74) is 22.9. The van der Waals surface area contributed by atoms with Crippen LogP contribution in [0.3, 0.4) is 0 Å². The predicted octanol–water partition coefficient (Wildman–Crippen LogP) is 3.54. The third-order valence-electron chi connectivity index (χ3n) is 10.8. The summed E-state index contributed by atoms with van der Waals surface area (Å²) < 4.78 is 8.29. The number of para-hydroxylation sites is 2. The first-order valence-corrected chi connectivity index (χ1v) is 17.4. The van der Waals surface area contributed by atoms with E-state index in [2.05, 4.69) is 32.3 Å². The molecule has 0 radical (unpaired) electrons. The average molecular weight is 667 g/mol. The van der Waals surface area contributed by atoms with Crippen LogP contribution in [0.1, 0.15) is 80.0 Å². The van der Waals surface area contributed by atoms with Gasteiger partial charge in [-0.1, -0.05) is 24.3 Å². The SMILES string of the molecule is NC(N)=C(/C=C(\N)c1ccccc1O)c1cnn([C@H]2CC[C@@H](N3CCC(c4cccc5c4OCCN5C4CCC(=O)NC4=O)CC3)CC2)c1. The summed E-state index contributed by atoms with van der Waals surface area (Å²) >= 11 is 0. The van der Waals surface area contributed by atoms with Gasteiger partial charge in [-0.3, -0.25) is 19.6 Å². The molecule has 7 rings (SSSR count). The molecule has 1 aliphatic carbocycles. The molecule has 2 aromatic carbocycles. The molecule has 4 aliphatic rings. The lowest BCUT2D eigenvalue weighted by Crippen LogP contribution is -2.54. The second-order valence-corrected chi connectivity index (χ2v) is 13.7. The fourth-order valence-electron chi connectivity index (χ4n) is 8.14. The lowest BCUT2D eigenvalue weighted by Gasteiger charge is -2.42. The summed E-state index contributed by atoms with van der Waals surface area (Å²) in [6.45, 7) is 3.25. The first kappa shape index (κ1) is 32.6. The van der Waals surface area contributed by atoms with E-state index in [-0.39, 0.29) is 29.4 Å². The van der Waals surface area contributed by atoms with Crippen molar-refractivity contribution in [3.63, 3.8) is 0 Å². The standard InChI is InChI=1S/C37H46N8O4/c38-30(28-4-1-2-7-33(28)46)20-29(36(39)40)24-21-41-45(22-24)26-10-8-25(9-11-26)43-16-14-23(15-17-43)27-5-3-6-31-35(27)49-19-18-44(31)32-12-13-34(47)42-37(32)48/h1-7,20-23,25-26,32,46H,8-19,38-40H2,(H,42,47,48)/b30-20-/t25-,26+,32?. The van der Waals surface area contributed by atoms with E-state index in [9.17, 15) is 14.7 Å². The van der Waals surface area contributed by atoms with Crippen LogP contribution in [-0.4, -0.2) is 69.9 Å². The van der Waals surface area contributed by atoms with Gasteiger partial charge in [0.2, 0.25) is 11.8 Å². The molecule has 2 amide bonds. The number of nitrogens with zero attached hydrogens (tertiary/aromatic N) is 4. The number of allylic oxidation sites excluding steroid dienone is 2. The highest BCUT2D eigenvalue weighted by molar-refractivity contribution is 6.02. The third-order valence-corrected chi connectivity index (χ3v) is 10.8.